The third kappa shape index (κ3) is 3.77. The molecule has 0 amide bonds. The lowest BCUT2D eigenvalue weighted by molar-refractivity contribution is -0.138. The summed E-state index contributed by atoms with van der Waals surface area (Å²) in [6.45, 7) is 5.64. The number of rotatable bonds is 1. The lowest BCUT2D eigenvalue weighted by Crippen LogP contribution is -2.15. The van der Waals surface area contributed by atoms with Crippen LogP contribution in [0.3, 0.4) is 0 Å². The van der Waals surface area contributed by atoms with Crippen LogP contribution in [0.15, 0.2) is 18.2 Å². The fourth-order valence-corrected chi connectivity index (χ4v) is 1.64. The summed E-state index contributed by atoms with van der Waals surface area (Å²) in [5.74, 6) is 0. The Hall–Kier alpha value is -1.50. The Morgan fingerprint density at radius 3 is 2.18 bits per heavy atom. The first-order valence-corrected chi connectivity index (χ1v) is 5.24. The number of hydrogen-bond donors (Lipinski definition) is 0. The van der Waals surface area contributed by atoms with E-state index in [1.165, 1.54) is 12.1 Å². The van der Waals surface area contributed by atoms with Gasteiger partial charge in [0.15, 0.2) is 0 Å². The molecule has 0 bridgehead atoms. The second-order valence-corrected chi connectivity index (χ2v) is 5.22. The van der Waals surface area contributed by atoms with E-state index in [1.807, 2.05) is 20.8 Å². The molecule has 0 aromatic heterocycles. The van der Waals surface area contributed by atoms with Gasteiger partial charge in [-0.2, -0.15) is 18.4 Å². The van der Waals surface area contributed by atoms with Crippen molar-refractivity contribution in [2.45, 2.75) is 33.4 Å². The molecule has 0 aliphatic heterocycles. The highest BCUT2D eigenvalue weighted by atomic mass is 19.4. The number of benzene rings is 1. The van der Waals surface area contributed by atoms with Crippen LogP contribution in [0.2, 0.25) is 0 Å². The zero-order valence-corrected chi connectivity index (χ0v) is 10.0. The van der Waals surface area contributed by atoms with Crippen molar-refractivity contribution >= 4 is 0 Å². The molecule has 92 valence electrons. The number of hydrogen-bond acceptors (Lipinski definition) is 1. The zero-order chi connectivity index (χ0) is 13.3. The quantitative estimate of drug-likeness (QED) is 0.724. The van der Waals surface area contributed by atoms with Crippen LogP contribution in [0.1, 0.15) is 37.5 Å². The van der Waals surface area contributed by atoms with Crippen LogP contribution in [0.5, 0.6) is 0 Å². The molecule has 0 saturated heterocycles. The van der Waals surface area contributed by atoms with E-state index in [0.29, 0.717) is 6.42 Å². The summed E-state index contributed by atoms with van der Waals surface area (Å²) in [5.41, 5.74) is -0.654. The van der Waals surface area contributed by atoms with Crippen molar-refractivity contribution in [2.24, 2.45) is 5.41 Å². The highest BCUT2D eigenvalue weighted by Gasteiger charge is 2.34. The monoisotopic (exact) mass is 241 g/mol. The fraction of sp³-hybridized carbons (Fsp3) is 0.462. The average molecular weight is 241 g/mol. The Kier molecular flexibility index (Phi) is 3.51. The highest BCUT2D eigenvalue weighted by Crippen LogP contribution is 2.35. The SMILES string of the molecule is CC(C)(C)Cc1ccc(C#N)cc1C(F)(F)F. The van der Waals surface area contributed by atoms with Crippen molar-refractivity contribution in [1.82, 2.24) is 0 Å². The third-order valence-corrected chi connectivity index (χ3v) is 2.27. The standard InChI is InChI=1S/C13H14F3N/c1-12(2,3)7-10-5-4-9(8-17)6-11(10)13(14,15)16/h4-6H,7H2,1-3H3. The Morgan fingerprint density at radius 1 is 1.18 bits per heavy atom. The summed E-state index contributed by atoms with van der Waals surface area (Å²) in [6, 6.07) is 5.47. The minimum Gasteiger partial charge on any atom is -0.192 e. The zero-order valence-electron chi connectivity index (χ0n) is 10.0. The average Bonchev–Trinajstić information content (AvgIpc) is 2.14. The molecular formula is C13H14F3N. The molecule has 0 heterocycles. The van der Waals surface area contributed by atoms with Gasteiger partial charge in [-0.3, -0.25) is 0 Å². The summed E-state index contributed by atoms with van der Waals surface area (Å²) < 4.78 is 38.5. The molecule has 1 rings (SSSR count). The van der Waals surface area contributed by atoms with Gasteiger partial charge in [0.1, 0.15) is 0 Å². The van der Waals surface area contributed by atoms with Crippen LogP contribution >= 0.6 is 0 Å². The first-order valence-electron chi connectivity index (χ1n) is 5.24. The molecule has 1 nitrogen and oxygen atoms in total. The van der Waals surface area contributed by atoms with Gasteiger partial charge in [0.25, 0.3) is 0 Å². The number of alkyl halides is 3. The molecular weight excluding hydrogens is 227 g/mol. The van der Waals surface area contributed by atoms with Gasteiger partial charge >= 0.3 is 6.18 Å². The smallest absolute Gasteiger partial charge is 0.192 e. The maximum Gasteiger partial charge on any atom is 0.416 e. The first kappa shape index (κ1) is 13.6. The molecule has 0 atom stereocenters. The van der Waals surface area contributed by atoms with Gasteiger partial charge in [-0.15, -0.1) is 0 Å². The lowest BCUT2D eigenvalue weighted by atomic mass is 9.85. The summed E-state index contributed by atoms with van der Waals surface area (Å²) in [7, 11) is 0. The minimum absolute atomic E-state index is 0.0370. The molecule has 1 aromatic rings. The van der Waals surface area contributed by atoms with Gasteiger partial charge in [-0.25, -0.2) is 0 Å². The van der Waals surface area contributed by atoms with Crippen LogP contribution in [0.25, 0.3) is 0 Å². The molecule has 0 spiro atoms. The van der Waals surface area contributed by atoms with E-state index in [-0.39, 0.29) is 16.5 Å². The fourth-order valence-electron chi connectivity index (χ4n) is 1.64. The highest BCUT2D eigenvalue weighted by molar-refractivity contribution is 5.40. The summed E-state index contributed by atoms with van der Waals surface area (Å²) in [4.78, 5) is 0. The number of nitrogens with zero attached hydrogens (tertiary/aromatic N) is 1. The van der Waals surface area contributed by atoms with Crippen molar-refractivity contribution in [3.63, 3.8) is 0 Å². The maximum absolute atomic E-state index is 12.8. The van der Waals surface area contributed by atoms with Crippen LogP contribution < -0.4 is 0 Å². The number of halogens is 3. The Balaban J connectivity index is 3.27. The molecule has 17 heavy (non-hydrogen) atoms. The van der Waals surface area contributed by atoms with Crippen molar-refractivity contribution in [3.8, 4) is 6.07 Å². The molecule has 0 fully saturated rings. The Morgan fingerprint density at radius 2 is 1.76 bits per heavy atom. The normalized spacial score (nSPS) is 12.3. The van der Waals surface area contributed by atoms with E-state index in [4.69, 9.17) is 5.26 Å². The van der Waals surface area contributed by atoms with Gasteiger partial charge < -0.3 is 0 Å². The topological polar surface area (TPSA) is 23.8 Å². The molecule has 0 aliphatic carbocycles. The molecule has 0 aliphatic rings. The lowest BCUT2D eigenvalue weighted by Gasteiger charge is -2.21. The van der Waals surface area contributed by atoms with E-state index < -0.39 is 11.7 Å². The minimum atomic E-state index is -4.41. The Labute approximate surface area is 98.9 Å². The van der Waals surface area contributed by atoms with E-state index in [1.54, 1.807) is 6.07 Å². The molecule has 0 N–H and O–H groups in total. The van der Waals surface area contributed by atoms with Gasteiger partial charge in [0.2, 0.25) is 0 Å². The molecule has 4 heteroatoms. The second-order valence-electron chi connectivity index (χ2n) is 5.22. The second kappa shape index (κ2) is 4.40. The molecule has 0 unspecified atom stereocenters. The van der Waals surface area contributed by atoms with E-state index in [2.05, 4.69) is 0 Å². The van der Waals surface area contributed by atoms with Crippen LogP contribution in [0, 0.1) is 16.7 Å². The van der Waals surface area contributed by atoms with Crippen molar-refractivity contribution in [2.75, 3.05) is 0 Å². The predicted molar refractivity (Wildman–Crippen MR) is 59.3 cm³/mol. The van der Waals surface area contributed by atoms with Crippen molar-refractivity contribution < 1.29 is 13.2 Å². The predicted octanol–water partition coefficient (Wildman–Crippen LogP) is 4.17. The molecule has 0 saturated carbocycles. The van der Waals surface area contributed by atoms with E-state index >= 15 is 0 Å². The van der Waals surface area contributed by atoms with Crippen LogP contribution in [-0.2, 0) is 12.6 Å². The van der Waals surface area contributed by atoms with Crippen LogP contribution in [0.4, 0.5) is 13.2 Å². The van der Waals surface area contributed by atoms with Gasteiger partial charge in [-0.1, -0.05) is 26.8 Å². The molecule has 1 aromatic carbocycles. The van der Waals surface area contributed by atoms with Gasteiger partial charge in [0.05, 0.1) is 17.2 Å². The Bertz CT molecular complexity index is 447. The summed E-state index contributed by atoms with van der Waals surface area (Å²) in [5, 5.41) is 8.63. The maximum atomic E-state index is 12.8. The van der Waals surface area contributed by atoms with Gasteiger partial charge in [0, 0.05) is 0 Å². The first-order chi connectivity index (χ1) is 7.63. The van der Waals surface area contributed by atoms with Gasteiger partial charge in [-0.05, 0) is 29.5 Å². The van der Waals surface area contributed by atoms with E-state index in [9.17, 15) is 13.2 Å². The molecule has 0 radical (unpaired) electrons. The summed E-state index contributed by atoms with van der Waals surface area (Å²) in [6.07, 6.45) is -4.08. The largest absolute Gasteiger partial charge is 0.416 e. The number of nitriles is 1. The van der Waals surface area contributed by atoms with Crippen molar-refractivity contribution in [1.29, 1.82) is 5.26 Å². The third-order valence-electron chi connectivity index (χ3n) is 2.27. The summed E-state index contributed by atoms with van der Waals surface area (Å²) >= 11 is 0. The van der Waals surface area contributed by atoms with Crippen molar-refractivity contribution in [3.05, 3.63) is 34.9 Å². The van der Waals surface area contributed by atoms with E-state index in [0.717, 1.165) is 6.07 Å². The van der Waals surface area contributed by atoms with Crippen LogP contribution in [-0.4, -0.2) is 0 Å².